The van der Waals surface area contributed by atoms with Gasteiger partial charge in [0.15, 0.2) is 0 Å². The Hall–Kier alpha value is -2.98. The largest absolute Gasteiger partial charge is 0.462 e. The number of benzene rings is 1. The highest BCUT2D eigenvalue weighted by atomic mass is 31.2. The molecular formula is C23H30N5O6P. The zero-order chi connectivity index (χ0) is 25.0. The number of ether oxygens (including phenoxy) is 2. The van der Waals surface area contributed by atoms with Gasteiger partial charge in [0, 0.05) is 6.20 Å². The molecule has 1 aliphatic rings. The molecule has 188 valence electrons. The molecule has 4 unspecified atom stereocenters. The Balaban J connectivity index is 1.43. The third-order valence-electron chi connectivity index (χ3n) is 5.39. The van der Waals surface area contributed by atoms with E-state index >= 15 is 0 Å². The van der Waals surface area contributed by atoms with Gasteiger partial charge in [0.25, 0.3) is 0 Å². The van der Waals surface area contributed by atoms with Crippen LogP contribution in [0.2, 0.25) is 0 Å². The maximum Gasteiger partial charge on any atom is 0.459 e. The number of para-hydroxylation sites is 1. The Morgan fingerprint density at radius 3 is 2.74 bits per heavy atom. The number of carbonyl (C=O) groups excluding carboxylic acids is 1. The lowest BCUT2D eigenvalue weighted by Crippen LogP contribution is -2.36. The molecule has 0 amide bonds. The summed E-state index contributed by atoms with van der Waals surface area (Å²) in [5, 5.41) is 3.44. The summed E-state index contributed by atoms with van der Waals surface area (Å²) in [5.74, 6) is 0.189. The van der Waals surface area contributed by atoms with E-state index < -0.39 is 19.8 Å². The summed E-state index contributed by atoms with van der Waals surface area (Å²) in [5.41, 5.74) is 6.61. The minimum atomic E-state index is -3.95. The smallest absolute Gasteiger partial charge is 0.459 e. The summed E-state index contributed by atoms with van der Waals surface area (Å²) < 4.78 is 38.3. The molecule has 3 aromatic rings. The van der Waals surface area contributed by atoms with Crippen LogP contribution < -0.4 is 15.3 Å². The van der Waals surface area contributed by atoms with Crippen LogP contribution in [0.15, 0.2) is 48.9 Å². The fourth-order valence-electron chi connectivity index (χ4n) is 3.75. The number of anilines is 1. The number of nitrogens with one attached hydrogen (secondary N) is 1. The molecule has 0 saturated carbocycles. The molecule has 3 heterocycles. The molecule has 4 rings (SSSR count). The maximum absolute atomic E-state index is 13.6. The van der Waals surface area contributed by atoms with Gasteiger partial charge in [-0.05, 0) is 51.8 Å². The van der Waals surface area contributed by atoms with Crippen LogP contribution in [-0.4, -0.2) is 45.4 Å². The molecule has 3 N–H and O–H groups in total. The number of nitrogens with zero attached hydrogens (tertiary/aromatic N) is 3. The van der Waals surface area contributed by atoms with Gasteiger partial charge in [-0.15, -0.1) is 0 Å². The van der Waals surface area contributed by atoms with Gasteiger partial charge >= 0.3 is 13.7 Å². The lowest BCUT2D eigenvalue weighted by Gasteiger charge is -2.24. The van der Waals surface area contributed by atoms with Crippen molar-refractivity contribution < 1.29 is 27.9 Å². The topological polar surface area (TPSA) is 140 Å². The van der Waals surface area contributed by atoms with Crippen LogP contribution >= 0.6 is 7.75 Å². The standard InChI is InChI=1S/C23H30N5O6P/c1-15(2)32-23(29)16(3)27-35(30,34-17-7-5-4-6-8-17)31-13-18-9-10-20(33-18)28-12-11-19-21(24)25-14-26-22(19)28/h4-8,11-12,14-16,18,20H,9-10,13H2,1-3H3,(H,27,30)(H2,24,25,26). The first kappa shape index (κ1) is 25.1. The molecule has 0 bridgehead atoms. The second kappa shape index (κ2) is 10.7. The van der Waals surface area contributed by atoms with Crippen LogP contribution in [0, 0.1) is 0 Å². The predicted octanol–water partition coefficient (Wildman–Crippen LogP) is 3.82. The summed E-state index contributed by atoms with van der Waals surface area (Å²) >= 11 is 0. The van der Waals surface area contributed by atoms with Crippen molar-refractivity contribution in [3.05, 3.63) is 48.9 Å². The van der Waals surface area contributed by atoms with Gasteiger partial charge in [-0.3, -0.25) is 9.32 Å². The molecule has 1 saturated heterocycles. The number of carbonyl (C=O) groups is 1. The number of nitrogen functional groups attached to an aromatic ring is 1. The van der Waals surface area contributed by atoms with E-state index in [2.05, 4.69) is 15.1 Å². The molecule has 11 nitrogen and oxygen atoms in total. The summed E-state index contributed by atoms with van der Waals surface area (Å²) in [6.45, 7) is 5.02. The Morgan fingerprint density at radius 2 is 2.00 bits per heavy atom. The highest BCUT2D eigenvalue weighted by molar-refractivity contribution is 7.52. The molecule has 1 fully saturated rings. The van der Waals surface area contributed by atoms with Crippen LogP contribution in [0.25, 0.3) is 11.0 Å². The van der Waals surface area contributed by atoms with Crippen molar-refractivity contribution in [1.29, 1.82) is 0 Å². The zero-order valence-electron chi connectivity index (χ0n) is 19.9. The zero-order valence-corrected chi connectivity index (χ0v) is 20.8. The van der Waals surface area contributed by atoms with Crippen molar-refractivity contribution in [3.8, 4) is 5.75 Å². The Bertz CT molecular complexity index is 1200. The second-order valence-electron chi connectivity index (χ2n) is 8.54. The average molecular weight is 503 g/mol. The molecular weight excluding hydrogens is 473 g/mol. The van der Waals surface area contributed by atoms with Crippen LogP contribution in [0.4, 0.5) is 5.82 Å². The molecule has 2 aromatic heterocycles. The summed E-state index contributed by atoms with van der Waals surface area (Å²) in [6.07, 6.45) is 3.71. The van der Waals surface area contributed by atoms with E-state index in [0.717, 1.165) is 5.39 Å². The van der Waals surface area contributed by atoms with Gasteiger partial charge in [-0.2, -0.15) is 5.09 Å². The van der Waals surface area contributed by atoms with E-state index in [0.29, 0.717) is 30.1 Å². The number of rotatable bonds is 10. The Labute approximate surface area is 203 Å². The Kier molecular flexibility index (Phi) is 7.71. The summed E-state index contributed by atoms with van der Waals surface area (Å²) in [4.78, 5) is 20.6. The van der Waals surface area contributed by atoms with Crippen molar-refractivity contribution in [2.45, 2.75) is 58.1 Å². The monoisotopic (exact) mass is 503 g/mol. The molecule has 0 spiro atoms. The molecule has 1 aromatic carbocycles. The van der Waals surface area contributed by atoms with Gasteiger partial charge in [-0.1, -0.05) is 18.2 Å². The summed E-state index contributed by atoms with van der Waals surface area (Å²) in [7, 11) is -3.95. The van der Waals surface area contributed by atoms with Gasteiger partial charge in [-0.25, -0.2) is 14.5 Å². The molecule has 0 aliphatic carbocycles. The third kappa shape index (κ3) is 6.18. The number of hydrogen-bond acceptors (Lipinski definition) is 9. The van der Waals surface area contributed by atoms with E-state index in [1.54, 1.807) is 45.0 Å². The average Bonchev–Trinajstić information content (AvgIpc) is 3.45. The van der Waals surface area contributed by atoms with Gasteiger partial charge in [0.2, 0.25) is 0 Å². The number of esters is 1. The highest BCUT2D eigenvalue weighted by Crippen LogP contribution is 2.46. The van der Waals surface area contributed by atoms with Crippen LogP contribution in [0.3, 0.4) is 0 Å². The minimum absolute atomic E-state index is 0.00408. The first-order chi connectivity index (χ1) is 16.7. The van der Waals surface area contributed by atoms with Gasteiger partial charge in [0.05, 0.1) is 24.2 Å². The quantitative estimate of drug-likeness (QED) is 0.310. The molecule has 12 heteroatoms. The number of fused-ring (bicyclic) bond motifs is 1. The number of nitrogens with two attached hydrogens (primary N) is 1. The van der Waals surface area contributed by atoms with E-state index in [-0.39, 0.29) is 25.0 Å². The second-order valence-corrected chi connectivity index (χ2v) is 10.2. The van der Waals surface area contributed by atoms with Crippen molar-refractivity contribution in [1.82, 2.24) is 19.6 Å². The van der Waals surface area contributed by atoms with Gasteiger partial charge in [0.1, 0.15) is 35.8 Å². The van der Waals surface area contributed by atoms with Gasteiger partial charge < -0.3 is 24.3 Å². The third-order valence-corrected chi connectivity index (χ3v) is 7.04. The predicted molar refractivity (Wildman–Crippen MR) is 130 cm³/mol. The van der Waals surface area contributed by atoms with Crippen molar-refractivity contribution in [3.63, 3.8) is 0 Å². The first-order valence-electron chi connectivity index (χ1n) is 11.4. The number of aromatic nitrogens is 3. The molecule has 0 radical (unpaired) electrons. The molecule has 4 atom stereocenters. The maximum atomic E-state index is 13.6. The van der Waals surface area contributed by atoms with Crippen molar-refractivity contribution in [2.24, 2.45) is 0 Å². The molecule has 1 aliphatic heterocycles. The highest BCUT2D eigenvalue weighted by Gasteiger charge is 2.35. The first-order valence-corrected chi connectivity index (χ1v) is 13.0. The lowest BCUT2D eigenvalue weighted by atomic mass is 10.2. The SMILES string of the molecule is CC(C)OC(=O)C(C)NP(=O)(OCC1CCC(n2ccc3c(N)ncnc32)O1)Oc1ccccc1. The molecule has 35 heavy (non-hydrogen) atoms. The minimum Gasteiger partial charge on any atom is -0.462 e. The fourth-order valence-corrected chi connectivity index (χ4v) is 5.27. The lowest BCUT2D eigenvalue weighted by molar-refractivity contribution is -0.149. The van der Waals surface area contributed by atoms with Crippen LogP contribution in [-0.2, 0) is 23.4 Å². The van der Waals surface area contributed by atoms with E-state index in [1.807, 2.05) is 22.9 Å². The van der Waals surface area contributed by atoms with Crippen LogP contribution in [0.1, 0.15) is 39.8 Å². The number of hydrogen-bond donors (Lipinski definition) is 2. The van der Waals surface area contributed by atoms with E-state index in [1.165, 1.54) is 6.33 Å². The summed E-state index contributed by atoms with van der Waals surface area (Å²) in [6, 6.07) is 9.55. The van der Waals surface area contributed by atoms with Crippen molar-refractivity contribution >= 4 is 30.6 Å². The van der Waals surface area contributed by atoms with Crippen molar-refractivity contribution in [2.75, 3.05) is 12.3 Å². The Morgan fingerprint density at radius 1 is 1.23 bits per heavy atom. The van der Waals surface area contributed by atoms with E-state index in [9.17, 15) is 9.36 Å². The van der Waals surface area contributed by atoms with Crippen LogP contribution in [0.5, 0.6) is 5.75 Å². The fraction of sp³-hybridized carbons (Fsp3) is 0.435. The van der Waals surface area contributed by atoms with E-state index in [4.69, 9.17) is 24.3 Å². The normalized spacial score (nSPS) is 20.6.